The molecule has 92 valence electrons. The molecule has 0 saturated carbocycles. The van der Waals surface area contributed by atoms with E-state index in [9.17, 15) is 0 Å². The maximum absolute atomic E-state index is 5.99. The van der Waals surface area contributed by atoms with Crippen LogP contribution in [0.4, 0.5) is 0 Å². The molecule has 0 amide bonds. The molecule has 0 spiro atoms. The summed E-state index contributed by atoms with van der Waals surface area (Å²) in [6.45, 7) is 2.07. The number of para-hydroxylation sites is 1. The third-order valence-electron chi connectivity index (χ3n) is 2.79. The monoisotopic (exact) mass is 275 g/mol. The number of hydrogen-bond acceptors (Lipinski definition) is 5. The Hall–Kier alpha value is -1.30. The Morgan fingerprint density at radius 2 is 2.11 bits per heavy atom. The summed E-state index contributed by atoms with van der Waals surface area (Å²) in [5.41, 5.74) is 7.97. The topological polar surface area (TPSA) is 51.8 Å². The Morgan fingerprint density at radius 3 is 2.89 bits per heavy atom. The zero-order chi connectivity index (χ0) is 12.5. The molecule has 0 aliphatic carbocycles. The first kappa shape index (κ1) is 11.8. The van der Waals surface area contributed by atoms with Crippen LogP contribution in [0.3, 0.4) is 0 Å². The van der Waals surface area contributed by atoms with E-state index in [0.29, 0.717) is 0 Å². The molecule has 3 rings (SSSR count). The van der Waals surface area contributed by atoms with Gasteiger partial charge >= 0.3 is 0 Å². The molecule has 1 atom stereocenters. The summed E-state index contributed by atoms with van der Waals surface area (Å²) in [5, 5.41) is 4.01. The molecule has 1 aromatic carbocycles. The van der Waals surface area contributed by atoms with Crippen molar-refractivity contribution < 1.29 is 0 Å². The lowest BCUT2D eigenvalue weighted by atomic mass is 10.2. The van der Waals surface area contributed by atoms with Gasteiger partial charge in [-0.3, -0.25) is 0 Å². The third kappa shape index (κ3) is 2.05. The van der Waals surface area contributed by atoms with Gasteiger partial charge in [-0.15, -0.1) is 22.7 Å². The average molecular weight is 275 g/mol. The van der Waals surface area contributed by atoms with Crippen LogP contribution in [-0.2, 0) is 0 Å². The quantitative estimate of drug-likeness (QED) is 0.790. The third-order valence-corrected chi connectivity index (χ3v) is 4.83. The molecule has 2 N–H and O–H groups in total. The van der Waals surface area contributed by atoms with Gasteiger partial charge < -0.3 is 5.73 Å². The molecular weight excluding hydrogens is 262 g/mol. The first-order valence-corrected chi connectivity index (χ1v) is 7.54. The van der Waals surface area contributed by atoms with Gasteiger partial charge in [0.05, 0.1) is 16.3 Å². The second-order valence-electron chi connectivity index (χ2n) is 4.07. The van der Waals surface area contributed by atoms with Crippen molar-refractivity contribution >= 4 is 32.9 Å². The van der Waals surface area contributed by atoms with Crippen molar-refractivity contribution in [2.24, 2.45) is 5.73 Å². The second-order valence-corrected chi connectivity index (χ2v) is 5.99. The lowest BCUT2D eigenvalue weighted by Gasteiger charge is -2.01. The first-order chi connectivity index (χ1) is 8.78. The maximum atomic E-state index is 5.99. The minimum absolute atomic E-state index is 0.0399. The molecule has 5 heteroatoms. The lowest BCUT2D eigenvalue weighted by Crippen LogP contribution is -2.07. The predicted octanol–water partition coefficient (Wildman–Crippen LogP) is 3.83. The van der Waals surface area contributed by atoms with Crippen LogP contribution < -0.4 is 5.73 Å². The van der Waals surface area contributed by atoms with E-state index >= 15 is 0 Å². The van der Waals surface area contributed by atoms with Crippen LogP contribution in [0.25, 0.3) is 20.9 Å². The fourth-order valence-corrected chi connectivity index (χ4v) is 3.60. The van der Waals surface area contributed by atoms with Crippen LogP contribution >= 0.6 is 22.7 Å². The molecule has 0 aliphatic heterocycles. The number of aromatic nitrogens is 2. The maximum Gasteiger partial charge on any atom is 0.143 e. The Bertz CT molecular complexity index is 638. The number of nitrogens with two attached hydrogens (primary N) is 1. The second kappa shape index (κ2) is 4.76. The van der Waals surface area contributed by atoms with Crippen molar-refractivity contribution in [1.82, 2.24) is 9.97 Å². The van der Waals surface area contributed by atoms with Crippen LogP contribution in [0.2, 0.25) is 0 Å². The standard InChI is InChI=1S/C13H13N3S2/c1-2-8(14)12-16-10(7-17-12)13-15-9-5-3-4-6-11(9)18-13/h3-8H,2,14H2,1H3. The zero-order valence-electron chi connectivity index (χ0n) is 9.96. The van der Waals surface area contributed by atoms with E-state index < -0.39 is 0 Å². The van der Waals surface area contributed by atoms with Gasteiger partial charge in [-0.1, -0.05) is 19.1 Å². The highest BCUT2D eigenvalue weighted by Crippen LogP contribution is 2.31. The van der Waals surface area contributed by atoms with E-state index in [1.54, 1.807) is 22.7 Å². The fourth-order valence-electron chi connectivity index (χ4n) is 1.71. The number of benzene rings is 1. The molecule has 0 aliphatic rings. The number of fused-ring (bicyclic) bond motifs is 1. The summed E-state index contributed by atoms with van der Waals surface area (Å²) >= 11 is 3.29. The van der Waals surface area contributed by atoms with Gasteiger partial charge in [0.2, 0.25) is 0 Å². The molecule has 2 aromatic heterocycles. The van der Waals surface area contributed by atoms with Crippen LogP contribution in [0, 0.1) is 0 Å². The molecule has 3 aromatic rings. The Morgan fingerprint density at radius 1 is 1.28 bits per heavy atom. The summed E-state index contributed by atoms with van der Waals surface area (Å²) in [4.78, 5) is 9.19. The van der Waals surface area contributed by atoms with Crippen LogP contribution in [0.5, 0.6) is 0 Å². The van der Waals surface area contributed by atoms with Crippen LogP contribution in [0.15, 0.2) is 29.6 Å². The number of hydrogen-bond donors (Lipinski definition) is 1. The van der Waals surface area contributed by atoms with Crippen LogP contribution in [0.1, 0.15) is 24.4 Å². The molecular formula is C13H13N3S2. The summed E-state index contributed by atoms with van der Waals surface area (Å²) in [6.07, 6.45) is 0.910. The summed E-state index contributed by atoms with van der Waals surface area (Å²) in [7, 11) is 0. The minimum Gasteiger partial charge on any atom is -0.322 e. The van der Waals surface area contributed by atoms with Gasteiger partial charge in [-0.05, 0) is 18.6 Å². The minimum atomic E-state index is 0.0399. The molecule has 0 saturated heterocycles. The van der Waals surface area contributed by atoms with E-state index in [1.165, 1.54) is 4.70 Å². The molecule has 0 bridgehead atoms. The van der Waals surface area contributed by atoms with E-state index in [-0.39, 0.29) is 6.04 Å². The smallest absolute Gasteiger partial charge is 0.143 e. The van der Waals surface area contributed by atoms with E-state index in [2.05, 4.69) is 23.0 Å². The Kier molecular flexibility index (Phi) is 3.11. The van der Waals surface area contributed by atoms with Crippen molar-refractivity contribution in [3.05, 3.63) is 34.7 Å². The summed E-state index contributed by atoms with van der Waals surface area (Å²) in [5.74, 6) is 0. The van der Waals surface area contributed by atoms with Crippen molar-refractivity contribution in [2.45, 2.75) is 19.4 Å². The van der Waals surface area contributed by atoms with Crippen molar-refractivity contribution in [2.75, 3.05) is 0 Å². The summed E-state index contributed by atoms with van der Waals surface area (Å²) < 4.78 is 1.20. The molecule has 1 unspecified atom stereocenters. The molecule has 0 radical (unpaired) electrons. The normalized spacial score (nSPS) is 13.0. The highest BCUT2D eigenvalue weighted by atomic mass is 32.1. The molecule has 18 heavy (non-hydrogen) atoms. The van der Waals surface area contributed by atoms with Crippen molar-refractivity contribution in [3.63, 3.8) is 0 Å². The molecule has 3 nitrogen and oxygen atoms in total. The highest BCUT2D eigenvalue weighted by molar-refractivity contribution is 7.21. The lowest BCUT2D eigenvalue weighted by molar-refractivity contribution is 0.693. The Balaban J connectivity index is 2.01. The SMILES string of the molecule is CCC(N)c1nc(-c2nc3ccccc3s2)cs1. The van der Waals surface area contributed by atoms with Crippen molar-refractivity contribution in [3.8, 4) is 10.7 Å². The molecule has 2 heterocycles. The van der Waals surface area contributed by atoms with Gasteiger partial charge in [0, 0.05) is 5.38 Å². The van der Waals surface area contributed by atoms with Crippen molar-refractivity contribution in [1.29, 1.82) is 0 Å². The van der Waals surface area contributed by atoms with E-state index in [4.69, 9.17) is 5.73 Å². The van der Waals surface area contributed by atoms with Crippen LogP contribution in [-0.4, -0.2) is 9.97 Å². The van der Waals surface area contributed by atoms with Gasteiger partial charge in [0.15, 0.2) is 0 Å². The predicted molar refractivity (Wildman–Crippen MR) is 77.9 cm³/mol. The van der Waals surface area contributed by atoms with Gasteiger partial charge in [0.1, 0.15) is 15.7 Å². The fraction of sp³-hybridized carbons (Fsp3) is 0.231. The van der Waals surface area contributed by atoms with Gasteiger partial charge in [0.25, 0.3) is 0 Å². The Labute approximate surface area is 113 Å². The summed E-state index contributed by atoms with van der Waals surface area (Å²) in [6, 6.07) is 8.19. The first-order valence-electron chi connectivity index (χ1n) is 5.85. The number of nitrogens with zero attached hydrogens (tertiary/aromatic N) is 2. The van der Waals surface area contributed by atoms with Gasteiger partial charge in [-0.2, -0.15) is 0 Å². The highest BCUT2D eigenvalue weighted by Gasteiger charge is 2.12. The zero-order valence-corrected chi connectivity index (χ0v) is 11.6. The number of rotatable bonds is 3. The van der Waals surface area contributed by atoms with E-state index in [1.807, 2.05) is 23.6 Å². The molecule has 0 fully saturated rings. The van der Waals surface area contributed by atoms with E-state index in [0.717, 1.165) is 27.6 Å². The number of thiazole rings is 2. The van der Waals surface area contributed by atoms with Gasteiger partial charge in [-0.25, -0.2) is 9.97 Å². The average Bonchev–Trinajstić information content (AvgIpc) is 3.03. The largest absolute Gasteiger partial charge is 0.322 e.